The van der Waals surface area contributed by atoms with E-state index in [0.717, 1.165) is 19.8 Å². The monoisotopic (exact) mass is 252 g/mol. The maximum atomic E-state index is 3.48. The van der Waals surface area contributed by atoms with Gasteiger partial charge >= 0.3 is 0 Å². The highest BCUT2D eigenvalue weighted by atomic mass is 15.2. The van der Waals surface area contributed by atoms with Gasteiger partial charge in [-0.2, -0.15) is 0 Å². The molecule has 0 aromatic heterocycles. The molecule has 0 bridgehead atoms. The molecule has 0 saturated carbocycles. The Bertz CT molecular complexity index is 590. The molecule has 19 heavy (non-hydrogen) atoms. The normalized spacial score (nSPS) is 14.3. The molecule has 2 nitrogen and oxygen atoms in total. The number of nitrogens with zero attached hydrogens (tertiary/aromatic N) is 1. The highest BCUT2D eigenvalue weighted by molar-refractivity contribution is 5.56. The predicted molar refractivity (Wildman–Crippen MR) is 80.2 cm³/mol. The summed E-state index contributed by atoms with van der Waals surface area (Å²) >= 11 is 0. The number of aryl methyl sites for hydroxylation is 2. The SMILES string of the molecule is Cc1cccc(CN2CNCc3cc(C)ccc32)c1. The number of rotatable bonds is 2. The zero-order valence-electron chi connectivity index (χ0n) is 11.6. The quantitative estimate of drug-likeness (QED) is 0.881. The summed E-state index contributed by atoms with van der Waals surface area (Å²) in [5.74, 6) is 0. The molecule has 0 unspecified atom stereocenters. The largest absolute Gasteiger partial charge is 0.354 e. The third-order valence-electron chi connectivity index (χ3n) is 3.65. The fraction of sp³-hybridized carbons (Fsp3) is 0.294. The van der Waals surface area contributed by atoms with Crippen LogP contribution in [0.4, 0.5) is 5.69 Å². The topological polar surface area (TPSA) is 15.3 Å². The summed E-state index contributed by atoms with van der Waals surface area (Å²) in [6.45, 7) is 7.16. The van der Waals surface area contributed by atoms with Crippen molar-refractivity contribution >= 4 is 5.69 Å². The second-order valence-electron chi connectivity index (χ2n) is 5.40. The number of hydrogen-bond donors (Lipinski definition) is 1. The Morgan fingerprint density at radius 3 is 2.74 bits per heavy atom. The van der Waals surface area contributed by atoms with Gasteiger partial charge in [0.25, 0.3) is 0 Å². The standard InChI is InChI=1S/C17H20N2/c1-13-4-3-5-15(8-13)11-19-12-18-10-16-9-14(2)6-7-17(16)19/h3-9,18H,10-12H2,1-2H3. The molecular weight excluding hydrogens is 232 g/mol. The first kappa shape index (κ1) is 12.2. The van der Waals surface area contributed by atoms with Crippen molar-refractivity contribution in [2.45, 2.75) is 26.9 Å². The minimum atomic E-state index is 0.921. The fourth-order valence-corrected chi connectivity index (χ4v) is 2.75. The van der Waals surface area contributed by atoms with Gasteiger partial charge in [-0.05, 0) is 31.0 Å². The second-order valence-corrected chi connectivity index (χ2v) is 5.40. The molecule has 0 atom stereocenters. The summed E-state index contributed by atoms with van der Waals surface area (Å²) in [6.07, 6.45) is 0. The predicted octanol–water partition coefficient (Wildman–Crippen LogP) is 3.37. The number of benzene rings is 2. The van der Waals surface area contributed by atoms with Crippen LogP contribution in [0.25, 0.3) is 0 Å². The molecule has 0 amide bonds. The van der Waals surface area contributed by atoms with Crippen molar-refractivity contribution in [3.05, 3.63) is 64.7 Å². The minimum Gasteiger partial charge on any atom is -0.354 e. The molecule has 2 heteroatoms. The van der Waals surface area contributed by atoms with E-state index >= 15 is 0 Å². The van der Waals surface area contributed by atoms with Crippen LogP contribution in [0.15, 0.2) is 42.5 Å². The summed E-state index contributed by atoms with van der Waals surface area (Å²) in [6, 6.07) is 15.5. The lowest BCUT2D eigenvalue weighted by molar-refractivity contribution is 0.611. The summed E-state index contributed by atoms with van der Waals surface area (Å²) in [5.41, 5.74) is 6.80. The van der Waals surface area contributed by atoms with Crippen molar-refractivity contribution < 1.29 is 0 Å². The second kappa shape index (κ2) is 5.06. The number of hydrogen-bond acceptors (Lipinski definition) is 2. The zero-order valence-corrected chi connectivity index (χ0v) is 11.6. The Hall–Kier alpha value is -1.80. The molecule has 0 fully saturated rings. The summed E-state index contributed by atoms with van der Waals surface area (Å²) in [4.78, 5) is 2.41. The van der Waals surface area contributed by atoms with E-state index in [2.05, 4.69) is 66.5 Å². The van der Waals surface area contributed by atoms with Crippen LogP contribution in [-0.2, 0) is 13.1 Å². The number of fused-ring (bicyclic) bond motifs is 1. The van der Waals surface area contributed by atoms with E-state index in [-0.39, 0.29) is 0 Å². The molecule has 0 saturated heterocycles. The Morgan fingerprint density at radius 1 is 1.05 bits per heavy atom. The van der Waals surface area contributed by atoms with Gasteiger partial charge in [-0.15, -0.1) is 0 Å². The summed E-state index contributed by atoms with van der Waals surface area (Å²) in [5, 5.41) is 3.48. The molecule has 0 spiro atoms. The number of anilines is 1. The van der Waals surface area contributed by atoms with Gasteiger partial charge in [0, 0.05) is 18.8 Å². The van der Waals surface area contributed by atoms with E-state index < -0.39 is 0 Å². The minimum absolute atomic E-state index is 0.921. The van der Waals surface area contributed by atoms with Crippen LogP contribution in [0.1, 0.15) is 22.3 Å². The van der Waals surface area contributed by atoms with Crippen LogP contribution < -0.4 is 10.2 Å². The summed E-state index contributed by atoms with van der Waals surface area (Å²) < 4.78 is 0. The Kier molecular flexibility index (Phi) is 3.26. The fourth-order valence-electron chi connectivity index (χ4n) is 2.75. The van der Waals surface area contributed by atoms with Crippen molar-refractivity contribution in [1.82, 2.24) is 5.32 Å². The summed E-state index contributed by atoms with van der Waals surface area (Å²) in [7, 11) is 0. The van der Waals surface area contributed by atoms with E-state index in [1.807, 2.05) is 0 Å². The molecule has 2 aromatic rings. The highest BCUT2D eigenvalue weighted by Crippen LogP contribution is 2.26. The van der Waals surface area contributed by atoms with Crippen molar-refractivity contribution in [2.24, 2.45) is 0 Å². The van der Waals surface area contributed by atoms with Crippen LogP contribution in [0.3, 0.4) is 0 Å². The van der Waals surface area contributed by atoms with Gasteiger partial charge in [0.1, 0.15) is 0 Å². The average molecular weight is 252 g/mol. The molecule has 1 aliphatic heterocycles. The van der Waals surface area contributed by atoms with E-state index in [9.17, 15) is 0 Å². The third kappa shape index (κ3) is 2.64. The molecule has 2 aromatic carbocycles. The first-order valence-electron chi connectivity index (χ1n) is 6.83. The van der Waals surface area contributed by atoms with Gasteiger partial charge in [-0.3, -0.25) is 5.32 Å². The smallest absolute Gasteiger partial charge is 0.0688 e. The molecule has 3 rings (SSSR count). The molecule has 1 heterocycles. The van der Waals surface area contributed by atoms with Crippen LogP contribution >= 0.6 is 0 Å². The maximum absolute atomic E-state index is 3.48. The van der Waals surface area contributed by atoms with Crippen molar-refractivity contribution in [3.63, 3.8) is 0 Å². The van der Waals surface area contributed by atoms with Crippen LogP contribution in [0, 0.1) is 13.8 Å². The van der Waals surface area contributed by atoms with E-state index in [0.29, 0.717) is 0 Å². The average Bonchev–Trinajstić information content (AvgIpc) is 2.38. The van der Waals surface area contributed by atoms with Crippen LogP contribution in [0.5, 0.6) is 0 Å². The van der Waals surface area contributed by atoms with Gasteiger partial charge in [-0.1, -0.05) is 47.5 Å². The van der Waals surface area contributed by atoms with Gasteiger partial charge in [0.05, 0.1) is 6.67 Å². The van der Waals surface area contributed by atoms with Crippen LogP contribution in [0.2, 0.25) is 0 Å². The van der Waals surface area contributed by atoms with Gasteiger partial charge in [0.2, 0.25) is 0 Å². The lowest BCUT2D eigenvalue weighted by Gasteiger charge is -2.32. The number of nitrogens with one attached hydrogen (secondary N) is 1. The lowest BCUT2D eigenvalue weighted by Crippen LogP contribution is -2.38. The first-order chi connectivity index (χ1) is 9.22. The first-order valence-corrected chi connectivity index (χ1v) is 6.83. The van der Waals surface area contributed by atoms with Gasteiger partial charge in [0.15, 0.2) is 0 Å². The molecule has 98 valence electrons. The van der Waals surface area contributed by atoms with Crippen molar-refractivity contribution in [1.29, 1.82) is 0 Å². The molecule has 1 N–H and O–H groups in total. The molecule has 0 aliphatic carbocycles. The zero-order chi connectivity index (χ0) is 13.2. The van der Waals surface area contributed by atoms with Gasteiger partial charge in [-0.25, -0.2) is 0 Å². The highest BCUT2D eigenvalue weighted by Gasteiger charge is 2.16. The van der Waals surface area contributed by atoms with E-state index in [1.165, 1.54) is 27.9 Å². The van der Waals surface area contributed by atoms with Crippen LogP contribution in [-0.4, -0.2) is 6.67 Å². The third-order valence-corrected chi connectivity index (χ3v) is 3.65. The Balaban J connectivity index is 1.87. The Labute approximate surface area is 115 Å². The maximum Gasteiger partial charge on any atom is 0.0688 e. The lowest BCUT2D eigenvalue weighted by atomic mass is 10.1. The Morgan fingerprint density at radius 2 is 1.89 bits per heavy atom. The van der Waals surface area contributed by atoms with E-state index in [1.54, 1.807) is 0 Å². The van der Waals surface area contributed by atoms with Crippen molar-refractivity contribution in [3.8, 4) is 0 Å². The molecule has 0 radical (unpaired) electrons. The molecule has 1 aliphatic rings. The molecular formula is C17H20N2. The van der Waals surface area contributed by atoms with E-state index in [4.69, 9.17) is 0 Å². The van der Waals surface area contributed by atoms with Gasteiger partial charge < -0.3 is 4.90 Å². The van der Waals surface area contributed by atoms with Crippen molar-refractivity contribution in [2.75, 3.05) is 11.6 Å².